The fraction of sp³-hybridized carbons (Fsp3) is 0.534. The third-order valence-corrected chi connectivity index (χ3v) is 9.70. The molecule has 64 heavy (non-hydrogen) atoms. The van der Waals surface area contributed by atoms with Gasteiger partial charge in [-0.15, -0.1) is 0 Å². The zero-order valence-electron chi connectivity index (χ0n) is 40.5. The quantitative estimate of drug-likeness (QED) is 0.0200. The van der Waals surface area contributed by atoms with E-state index in [9.17, 15) is 14.4 Å². The van der Waals surface area contributed by atoms with Gasteiger partial charge in [-0.2, -0.15) is 0 Å². The number of esters is 3. The van der Waals surface area contributed by atoms with Crippen LogP contribution in [0.5, 0.6) is 0 Å². The molecule has 0 aromatic rings. The van der Waals surface area contributed by atoms with Gasteiger partial charge in [0, 0.05) is 19.3 Å². The molecular formula is C58H88O6. The van der Waals surface area contributed by atoms with E-state index in [0.29, 0.717) is 12.8 Å². The maximum Gasteiger partial charge on any atom is 0.306 e. The molecule has 0 amide bonds. The van der Waals surface area contributed by atoms with E-state index in [1.165, 1.54) is 44.9 Å². The van der Waals surface area contributed by atoms with Crippen LogP contribution in [0.1, 0.15) is 181 Å². The molecule has 356 valence electrons. The molecule has 0 saturated carbocycles. The van der Waals surface area contributed by atoms with Crippen LogP contribution in [0.3, 0.4) is 0 Å². The molecule has 0 fully saturated rings. The highest BCUT2D eigenvalue weighted by Crippen LogP contribution is 2.11. The zero-order chi connectivity index (χ0) is 46.5. The highest BCUT2D eigenvalue weighted by molar-refractivity contribution is 5.71. The van der Waals surface area contributed by atoms with Crippen molar-refractivity contribution in [1.29, 1.82) is 0 Å². The molecule has 0 spiro atoms. The summed E-state index contributed by atoms with van der Waals surface area (Å²) in [6.45, 7) is 6.20. The van der Waals surface area contributed by atoms with Crippen molar-refractivity contribution in [3.05, 3.63) is 146 Å². The van der Waals surface area contributed by atoms with Gasteiger partial charge in [0.1, 0.15) is 13.2 Å². The van der Waals surface area contributed by atoms with E-state index in [-0.39, 0.29) is 50.4 Å². The molecule has 0 aliphatic heterocycles. The highest BCUT2D eigenvalue weighted by atomic mass is 16.6. The summed E-state index contributed by atoms with van der Waals surface area (Å²) in [5.74, 6) is -1.13. The molecule has 6 nitrogen and oxygen atoms in total. The molecule has 1 unspecified atom stereocenters. The number of carbonyl (C=O) groups is 3. The van der Waals surface area contributed by atoms with Crippen LogP contribution >= 0.6 is 0 Å². The summed E-state index contributed by atoms with van der Waals surface area (Å²) in [6.07, 6.45) is 72.8. The topological polar surface area (TPSA) is 78.9 Å². The molecule has 6 heteroatoms. The first-order chi connectivity index (χ1) is 31.5. The second-order valence-corrected chi connectivity index (χ2v) is 15.7. The summed E-state index contributed by atoms with van der Waals surface area (Å²) < 4.78 is 16.6. The molecule has 0 aliphatic rings. The predicted octanol–water partition coefficient (Wildman–Crippen LogP) is 16.5. The van der Waals surface area contributed by atoms with Gasteiger partial charge in [0.05, 0.1) is 0 Å². The first kappa shape index (κ1) is 59.3. The third kappa shape index (κ3) is 48.3. The number of ether oxygens (including phenoxy) is 3. The van der Waals surface area contributed by atoms with Gasteiger partial charge >= 0.3 is 17.9 Å². The lowest BCUT2D eigenvalue weighted by molar-refractivity contribution is -0.166. The molecule has 1 atom stereocenters. The number of hydrogen-bond acceptors (Lipinski definition) is 6. The summed E-state index contributed by atoms with van der Waals surface area (Å²) in [6, 6.07) is 0. The molecule has 0 radical (unpaired) electrons. The first-order valence-electron chi connectivity index (χ1n) is 24.9. The average molecular weight is 881 g/mol. The van der Waals surface area contributed by atoms with Crippen molar-refractivity contribution in [2.45, 2.75) is 187 Å². The third-order valence-electron chi connectivity index (χ3n) is 9.70. The van der Waals surface area contributed by atoms with Crippen molar-refractivity contribution in [2.24, 2.45) is 0 Å². The number of rotatable bonds is 42. The molecule has 0 aromatic heterocycles. The standard InChI is InChI=1S/C58H88O6/c1-4-7-10-13-16-19-22-25-27-28-29-30-31-34-36-39-42-45-48-51-57(60)63-54-55(53-62-56(59)50-47-44-41-38-35-32-24-21-18-15-12-9-6-3)64-58(61)52-49-46-43-40-37-33-26-23-20-17-14-11-8-5-2/h7,9-10,12,15-16,18-19,21,24-25,27,29-30,32-38,41-42,45,55H,4-6,8,11,13-14,17,20,22-23,26,28,31,39-40,43-44,46-54H2,1-3H3/b10-7+,12-9+,18-15+,19-16+,24-21+,27-25+,30-29+,35-32+,36-34+,37-33+,41-38+,45-42+. The first-order valence-corrected chi connectivity index (χ1v) is 24.9. The second-order valence-electron chi connectivity index (χ2n) is 15.7. The van der Waals surface area contributed by atoms with Gasteiger partial charge in [0.25, 0.3) is 0 Å². The molecular weight excluding hydrogens is 793 g/mol. The van der Waals surface area contributed by atoms with Crippen LogP contribution in [-0.2, 0) is 28.6 Å². The Kier molecular flexibility index (Phi) is 47.2. The Balaban J connectivity index is 4.64. The van der Waals surface area contributed by atoms with Crippen molar-refractivity contribution in [1.82, 2.24) is 0 Å². The van der Waals surface area contributed by atoms with E-state index in [0.717, 1.165) is 83.5 Å². The lowest BCUT2D eigenvalue weighted by atomic mass is 10.1. The van der Waals surface area contributed by atoms with Gasteiger partial charge in [-0.25, -0.2) is 0 Å². The maximum absolute atomic E-state index is 12.8. The molecule has 0 heterocycles. The van der Waals surface area contributed by atoms with Crippen molar-refractivity contribution in [3.63, 3.8) is 0 Å². The summed E-state index contributed by atoms with van der Waals surface area (Å²) in [5, 5.41) is 0. The largest absolute Gasteiger partial charge is 0.462 e. The van der Waals surface area contributed by atoms with Crippen molar-refractivity contribution in [3.8, 4) is 0 Å². The van der Waals surface area contributed by atoms with Gasteiger partial charge in [-0.05, 0) is 96.3 Å². The fourth-order valence-corrected chi connectivity index (χ4v) is 6.02. The fourth-order valence-electron chi connectivity index (χ4n) is 6.02. The van der Waals surface area contributed by atoms with E-state index in [1.807, 2.05) is 66.8 Å². The van der Waals surface area contributed by atoms with E-state index >= 15 is 0 Å². The van der Waals surface area contributed by atoms with Gasteiger partial charge < -0.3 is 14.2 Å². The lowest BCUT2D eigenvalue weighted by Gasteiger charge is -2.18. The van der Waals surface area contributed by atoms with Crippen LogP contribution in [0.2, 0.25) is 0 Å². The number of unbranched alkanes of at least 4 members (excludes halogenated alkanes) is 11. The molecule has 0 aliphatic carbocycles. The zero-order valence-corrected chi connectivity index (χ0v) is 40.5. The van der Waals surface area contributed by atoms with Crippen LogP contribution in [0.15, 0.2) is 146 Å². The van der Waals surface area contributed by atoms with Gasteiger partial charge in [0.2, 0.25) is 0 Å². The minimum absolute atomic E-state index is 0.151. The maximum atomic E-state index is 12.8. The normalized spacial score (nSPS) is 13.4. The molecule has 0 aromatic carbocycles. The SMILES string of the molecule is CC/C=C/C=C/C=C/C=C/C=C/CCCC(=O)OCC(COC(=O)CC/C=C/C/C=C/C/C=C/C/C=C/C/C=C/C/C=C/CC)OC(=O)CCCCC/C=C/CCCCCCCCC. The number of allylic oxidation sites excluding steroid dienone is 24. The molecule has 0 rings (SSSR count). The number of hydrogen-bond donors (Lipinski definition) is 0. The monoisotopic (exact) mass is 881 g/mol. The van der Waals surface area contributed by atoms with E-state index < -0.39 is 6.10 Å². The van der Waals surface area contributed by atoms with Gasteiger partial charge in [0.15, 0.2) is 6.10 Å². The van der Waals surface area contributed by atoms with Gasteiger partial charge in [-0.1, -0.05) is 212 Å². The Morgan fingerprint density at radius 2 is 0.734 bits per heavy atom. The summed E-state index contributed by atoms with van der Waals surface area (Å²) in [4.78, 5) is 37.9. The van der Waals surface area contributed by atoms with Crippen LogP contribution in [0.4, 0.5) is 0 Å². The molecule has 0 bridgehead atoms. The summed E-state index contributed by atoms with van der Waals surface area (Å²) >= 11 is 0. The van der Waals surface area contributed by atoms with Crippen molar-refractivity contribution in [2.75, 3.05) is 13.2 Å². The molecule has 0 N–H and O–H groups in total. The Morgan fingerprint density at radius 1 is 0.344 bits per heavy atom. The smallest absolute Gasteiger partial charge is 0.306 e. The second kappa shape index (κ2) is 50.9. The summed E-state index contributed by atoms with van der Waals surface area (Å²) in [5.41, 5.74) is 0. The highest BCUT2D eigenvalue weighted by Gasteiger charge is 2.19. The van der Waals surface area contributed by atoms with Gasteiger partial charge in [-0.3, -0.25) is 14.4 Å². The number of carbonyl (C=O) groups excluding carboxylic acids is 3. The van der Waals surface area contributed by atoms with Crippen LogP contribution in [0.25, 0.3) is 0 Å². The van der Waals surface area contributed by atoms with E-state index in [1.54, 1.807) is 0 Å². The van der Waals surface area contributed by atoms with Crippen molar-refractivity contribution < 1.29 is 28.6 Å². The molecule has 0 saturated heterocycles. The predicted molar refractivity (Wildman–Crippen MR) is 274 cm³/mol. The summed E-state index contributed by atoms with van der Waals surface area (Å²) in [7, 11) is 0. The average Bonchev–Trinajstić information content (AvgIpc) is 3.29. The Morgan fingerprint density at radius 3 is 1.27 bits per heavy atom. The lowest BCUT2D eigenvalue weighted by Crippen LogP contribution is -2.30. The van der Waals surface area contributed by atoms with Crippen LogP contribution < -0.4 is 0 Å². The minimum atomic E-state index is -0.851. The van der Waals surface area contributed by atoms with E-state index in [4.69, 9.17) is 14.2 Å². The minimum Gasteiger partial charge on any atom is -0.462 e. The Hall–Kier alpha value is -4.71. The van der Waals surface area contributed by atoms with Crippen LogP contribution in [-0.4, -0.2) is 37.2 Å². The Labute approximate surface area is 391 Å². The van der Waals surface area contributed by atoms with E-state index in [2.05, 4.69) is 99.8 Å². The Bertz CT molecular complexity index is 1480. The van der Waals surface area contributed by atoms with Crippen LogP contribution in [0, 0.1) is 0 Å². The van der Waals surface area contributed by atoms with Crippen molar-refractivity contribution >= 4 is 17.9 Å².